The van der Waals surface area contributed by atoms with Crippen molar-refractivity contribution in [2.75, 3.05) is 43.1 Å². The maximum absolute atomic E-state index is 13.9. The van der Waals surface area contributed by atoms with Crippen LogP contribution in [0.3, 0.4) is 0 Å². The van der Waals surface area contributed by atoms with Gasteiger partial charge in [-0.05, 0) is 43.0 Å². The van der Waals surface area contributed by atoms with Crippen LogP contribution in [-0.4, -0.2) is 68.7 Å². The topological polar surface area (TPSA) is 141 Å². The number of amides is 2. The molecule has 0 atom stereocenters. The van der Waals surface area contributed by atoms with E-state index in [9.17, 15) is 14.9 Å². The van der Waals surface area contributed by atoms with Crippen LogP contribution < -0.4 is 21.1 Å². The zero-order chi connectivity index (χ0) is 34.2. The molecule has 0 radical (unpaired) electrons. The molecule has 1 spiro atoms. The van der Waals surface area contributed by atoms with Crippen LogP contribution in [0.1, 0.15) is 50.2 Å². The first-order valence-electron chi connectivity index (χ1n) is 16.8. The molecule has 5 heterocycles. The Morgan fingerprint density at radius 1 is 1.10 bits per heavy atom. The number of nitrogens with zero attached hydrogens (tertiary/aromatic N) is 7. The van der Waals surface area contributed by atoms with E-state index in [2.05, 4.69) is 38.5 Å². The molecule has 2 aliphatic rings. The monoisotopic (exact) mass is 660 g/mol. The molecule has 12 nitrogen and oxygen atoms in total. The van der Waals surface area contributed by atoms with Gasteiger partial charge in [-0.25, -0.2) is 10.3 Å². The van der Waals surface area contributed by atoms with Gasteiger partial charge in [-0.1, -0.05) is 37.3 Å². The molecular weight excluding hydrogens is 618 g/mol. The Hall–Kier alpha value is -5.41. The van der Waals surface area contributed by atoms with Gasteiger partial charge < -0.3 is 19.5 Å². The number of hydrogen-bond acceptors (Lipinski definition) is 9. The second kappa shape index (κ2) is 15.2. The molecular formula is C37H42N9O3+. The number of ether oxygens (including phenoxy) is 1. The van der Waals surface area contributed by atoms with Gasteiger partial charge in [0.1, 0.15) is 18.2 Å². The van der Waals surface area contributed by atoms with Gasteiger partial charge in [0.05, 0.1) is 37.0 Å². The molecule has 49 heavy (non-hydrogen) atoms. The molecule has 252 valence electrons. The van der Waals surface area contributed by atoms with Crippen LogP contribution in [0.25, 0.3) is 11.3 Å². The van der Waals surface area contributed by atoms with Crippen molar-refractivity contribution in [3.05, 3.63) is 94.7 Å². The lowest BCUT2D eigenvalue weighted by Crippen LogP contribution is -2.44. The average Bonchev–Trinajstić information content (AvgIpc) is 3.58. The standard InChI is InChI=1S/C37H41N9O3/c1-3-8-30(11-7-16-39-35-41-22-29(20-38)34(43-35)45-18-15-37(24-45)25-49-26-37)46(36(48)42-21-27-9-5-4-6-10-27)31-12-13-32(40-23-31)28-14-17-44(2)33(47)19-28/h4-6,9-10,12-14,17,19,22-23H,3,7-8,11,15-16,18,21,24-26H2,1-2H3,(H-,39,41,42,43,48)/p+1/b46-30+. The SMILES string of the molecule is CCC/C(CCCNc1ncc(C#N)c(N2CCC3(COC3)C2)n1)=[N+](\C(=O)NCc1ccccc1)c1ccc(-c2ccn(C)c(=O)c2)nc1. The molecule has 2 saturated heterocycles. The summed E-state index contributed by atoms with van der Waals surface area (Å²) in [4.78, 5) is 42.1. The minimum atomic E-state index is -0.233. The highest BCUT2D eigenvalue weighted by atomic mass is 16.5. The molecule has 0 saturated carbocycles. The maximum atomic E-state index is 13.9. The van der Waals surface area contributed by atoms with E-state index in [1.807, 2.05) is 48.5 Å². The number of nitriles is 1. The van der Waals surface area contributed by atoms with Gasteiger partial charge in [-0.3, -0.25) is 9.78 Å². The van der Waals surface area contributed by atoms with Crippen LogP contribution in [-0.2, 0) is 18.3 Å². The largest absolute Gasteiger partial charge is 0.496 e. The number of carbonyl (C=O) groups excluding carboxylic acids is 1. The Labute approximate surface area is 286 Å². The summed E-state index contributed by atoms with van der Waals surface area (Å²) in [5.41, 5.74) is 4.50. The third-order valence-electron chi connectivity index (χ3n) is 9.12. The molecule has 2 aliphatic heterocycles. The van der Waals surface area contributed by atoms with Crippen molar-refractivity contribution in [3.63, 3.8) is 0 Å². The highest BCUT2D eigenvalue weighted by Crippen LogP contribution is 2.39. The lowest BCUT2D eigenvalue weighted by Gasteiger charge is -2.37. The van der Waals surface area contributed by atoms with Gasteiger partial charge in [0, 0.05) is 62.8 Å². The van der Waals surface area contributed by atoms with Crippen molar-refractivity contribution in [2.45, 2.75) is 45.6 Å². The fourth-order valence-corrected chi connectivity index (χ4v) is 6.34. The van der Waals surface area contributed by atoms with Gasteiger partial charge in [0.25, 0.3) is 5.56 Å². The van der Waals surface area contributed by atoms with Crippen molar-refractivity contribution < 1.29 is 14.1 Å². The zero-order valence-electron chi connectivity index (χ0n) is 28.1. The van der Waals surface area contributed by atoms with Gasteiger partial charge in [0.15, 0.2) is 11.5 Å². The predicted octanol–water partition coefficient (Wildman–Crippen LogP) is 5.02. The number of rotatable bonds is 12. The first-order valence-corrected chi connectivity index (χ1v) is 16.8. The number of urea groups is 1. The fraction of sp³-hybridized carbons (Fsp3) is 0.378. The van der Waals surface area contributed by atoms with E-state index < -0.39 is 0 Å². The van der Waals surface area contributed by atoms with Crippen molar-refractivity contribution in [2.24, 2.45) is 12.5 Å². The van der Waals surface area contributed by atoms with E-state index in [0.29, 0.717) is 60.2 Å². The summed E-state index contributed by atoms with van der Waals surface area (Å²) < 4.78 is 8.71. The summed E-state index contributed by atoms with van der Waals surface area (Å²) in [5.74, 6) is 1.14. The first-order chi connectivity index (χ1) is 23.9. The molecule has 6 rings (SSSR count). The van der Waals surface area contributed by atoms with Crippen molar-refractivity contribution in [1.82, 2.24) is 24.8 Å². The van der Waals surface area contributed by atoms with Crippen molar-refractivity contribution in [1.29, 1.82) is 5.26 Å². The number of nitrogens with one attached hydrogen (secondary N) is 2. The van der Waals surface area contributed by atoms with E-state index in [4.69, 9.17) is 9.72 Å². The number of hydrogen-bond donors (Lipinski definition) is 2. The summed E-state index contributed by atoms with van der Waals surface area (Å²) >= 11 is 0. The number of pyridine rings is 2. The van der Waals surface area contributed by atoms with Crippen LogP contribution in [0.2, 0.25) is 0 Å². The Bertz CT molecular complexity index is 1910. The van der Waals surface area contributed by atoms with E-state index in [1.54, 1.807) is 36.3 Å². The molecule has 4 aromatic rings. The van der Waals surface area contributed by atoms with Crippen LogP contribution in [0.4, 0.5) is 22.2 Å². The summed E-state index contributed by atoms with van der Waals surface area (Å²) in [7, 11) is 1.71. The molecule has 2 amide bonds. The first kappa shape index (κ1) is 33.5. The number of carbonyl (C=O) groups is 1. The smallest absolute Gasteiger partial charge is 0.380 e. The van der Waals surface area contributed by atoms with E-state index >= 15 is 0 Å². The zero-order valence-corrected chi connectivity index (χ0v) is 28.1. The normalized spacial score (nSPS) is 15.3. The van der Waals surface area contributed by atoms with Gasteiger partial charge in [-0.15, -0.1) is 0 Å². The summed E-state index contributed by atoms with van der Waals surface area (Å²) in [5, 5.41) is 16.2. The highest BCUT2D eigenvalue weighted by molar-refractivity contribution is 5.87. The Morgan fingerprint density at radius 2 is 1.94 bits per heavy atom. The minimum absolute atomic E-state index is 0.117. The van der Waals surface area contributed by atoms with E-state index in [-0.39, 0.29) is 17.0 Å². The van der Waals surface area contributed by atoms with Crippen molar-refractivity contribution >= 4 is 29.2 Å². The number of aryl methyl sites for hydroxylation is 1. The predicted molar refractivity (Wildman–Crippen MR) is 188 cm³/mol. The fourth-order valence-electron chi connectivity index (χ4n) is 6.34. The van der Waals surface area contributed by atoms with Gasteiger partial charge in [-0.2, -0.15) is 19.6 Å². The Balaban J connectivity index is 1.20. The third-order valence-corrected chi connectivity index (χ3v) is 9.12. The molecule has 0 bridgehead atoms. The van der Waals surface area contributed by atoms with Gasteiger partial charge in [0.2, 0.25) is 5.95 Å². The lowest BCUT2D eigenvalue weighted by atomic mass is 9.85. The van der Waals surface area contributed by atoms with E-state index in [0.717, 1.165) is 56.8 Å². The van der Waals surface area contributed by atoms with Crippen LogP contribution in [0, 0.1) is 16.7 Å². The van der Waals surface area contributed by atoms with Crippen molar-refractivity contribution in [3.8, 4) is 17.3 Å². The van der Waals surface area contributed by atoms with Crippen LogP contribution in [0.5, 0.6) is 0 Å². The molecule has 0 unspecified atom stereocenters. The van der Waals surface area contributed by atoms with Crippen LogP contribution in [0.15, 0.2) is 78.0 Å². The second-order valence-electron chi connectivity index (χ2n) is 12.8. The quantitative estimate of drug-likeness (QED) is 0.122. The summed E-state index contributed by atoms with van der Waals surface area (Å²) in [6.45, 7) is 6.25. The second-order valence-corrected chi connectivity index (χ2v) is 12.8. The van der Waals surface area contributed by atoms with Crippen LogP contribution >= 0.6 is 0 Å². The molecule has 0 aliphatic carbocycles. The average molecular weight is 661 g/mol. The maximum Gasteiger partial charge on any atom is 0.496 e. The number of benzene rings is 1. The number of anilines is 2. The molecule has 3 aromatic heterocycles. The highest BCUT2D eigenvalue weighted by Gasteiger charge is 2.45. The summed E-state index contributed by atoms with van der Waals surface area (Å²) in [6.07, 6.45) is 8.96. The van der Waals surface area contributed by atoms with Gasteiger partial charge >= 0.3 is 6.03 Å². The molecule has 2 N–H and O–H groups in total. The summed E-state index contributed by atoms with van der Waals surface area (Å²) in [6, 6.07) is 18.9. The minimum Gasteiger partial charge on any atom is -0.380 e. The third kappa shape index (κ3) is 7.84. The Kier molecular flexibility index (Phi) is 10.4. The Morgan fingerprint density at radius 3 is 2.61 bits per heavy atom. The molecule has 1 aromatic carbocycles. The lowest BCUT2D eigenvalue weighted by molar-refractivity contribution is -0.337. The molecule has 12 heteroatoms. The van der Waals surface area contributed by atoms with E-state index in [1.165, 1.54) is 4.57 Å². The number of aromatic nitrogens is 4. The molecule has 2 fully saturated rings.